The van der Waals surface area contributed by atoms with Gasteiger partial charge < -0.3 is 15.9 Å². The van der Waals surface area contributed by atoms with Crippen LogP contribution in [0.5, 0.6) is 0 Å². The molecule has 0 saturated heterocycles. The molecule has 4 nitrogen and oxygen atoms in total. The first-order valence-electron chi connectivity index (χ1n) is 7.80. The largest absolute Gasteiger partial charge is 0.480 e. The molecule has 0 radical (unpaired) electrons. The fourth-order valence-electron chi connectivity index (χ4n) is 2.77. The molecule has 0 amide bonds. The Labute approximate surface area is 136 Å². The number of hydrogen-bond acceptors (Lipinski definition) is 3. The SMILES string of the molecule is NC(CO)(CCCC(c1ccccc1)c1ccccc1)C(=O)O. The maximum absolute atomic E-state index is 11.2. The maximum Gasteiger partial charge on any atom is 0.326 e. The predicted molar refractivity (Wildman–Crippen MR) is 90.2 cm³/mol. The van der Waals surface area contributed by atoms with Gasteiger partial charge in [-0.15, -0.1) is 0 Å². The molecule has 0 fully saturated rings. The number of aliphatic hydroxyl groups is 1. The number of hydrogen-bond donors (Lipinski definition) is 3. The van der Waals surface area contributed by atoms with Crippen LogP contribution in [0, 0.1) is 0 Å². The fraction of sp³-hybridized carbons (Fsp3) is 0.316. The van der Waals surface area contributed by atoms with E-state index in [1.165, 1.54) is 11.1 Å². The second kappa shape index (κ2) is 7.90. The Morgan fingerprint density at radius 1 is 1.00 bits per heavy atom. The average molecular weight is 313 g/mol. The van der Waals surface area contributed by atoms with E-state index in [0.717, 1.165) is 6.42 Å². The van der Waals surface area contributed by atoms with E-state index in [2.05, 4.69) is 24.3 Å². The number of carboxylic acids is 1. The van der Waals surface area contributed by atoms with Crippen LogP contribution < -0.4 is 5.73 Å². The fourth-order valence-corrected chi connectivity index (χ4v) is 2.77. The molecule has 122 valence electrons. The standard InChI is InChI=1S/C19H23NO3/c20-19(14-21,18(22)23)13-7-12-17(15-8-3-1-4-9-15)16-10-5-2-6-11-16/h1-6,8-11,17,21H,7,12-14,20H2,(H,22,23). The number of carboxylic acid groups (broad SMARTS) is 1. The summed E-state index contributed by atoms with van der Waals surface area (Å²) in [6.45, 7) is -0.552. The van der Waals surface area contributed by atoms with Crippen molar-refractivity contribution in [3.8, 4) is 0 Å². The Balaban J connectivity index is 2.12. The van der Waals surface area contributed by atoms with E-state index in [0.29, 0.717) is 6.42 Å². The number of nitrogens with two attached hydrogens (primary N) is 1. The molecule has 4 heteroatoms. The molecule has 0 aliphatic rings. The van der Waals surface area contributed by atoms with Crippen LogP contribution in [0.3, 0.4) is 0 Å². The van der Waals surface area contributed by atoms with E-state index in [1.54, 1.807) is 0 Å². The van der Waals surface area contributed by atoms with Gasteiger partial charge in [-0.1, -0.05) is 60.7 Å². The van der Waals surface area contributed by atoms with Gasteiger partial charge in [-0.3, -0.25) is 4.79 Å². The predicted octanol–water partition coefficient (Wildman–Crippen LogP) is 2.76. The van der Waals surface area contributed by atoms with Crippen LogP contribution in [0.2, 0.25) is 0 Å². The Morgan fingerprint density at radius 3 is 1.87 bits per heavy atom. The minimum atomic E-state index is -1.56. The van der Waals surface area contributed by atoms with Crippen LogP contribution in [0.25, 0.3) is 0 Å². The third-order valence-corrected chi connectivity index (χ3v) is 4.23. The number of benzene rings is 2. The molecular weight excluding hydrogens is 290 g/mol. The van der Waals surface area contributed by atoms with Gasteiger partial charge in [0.25, 0.3) is 0 Å². The first-order chi connectivity index (χ1) is 11.1. The first-order valence-corrected chi connectivity index (χ1v) is 7.80. The van der Waals surface area contributed by atoms with Gasteiger partial charge in [0.05, 0.1) is 6.61 Å². The number of aliphatic hydroxyl groups excluding tert-OH is 1. The van der Waals surface area contributed by atoms with Gasteiger partial charge in [0.1, 0.15) is 5.54 Å². The highest BCUT2D eigenvalue weighted by atomic mass is 16.4. The quantitative estimate of drug-likeness (QED) is 0.700. The maximum atomic E-state index is 11.2. The van der Waals surface area contributed by atoms with Gasteiger partial charge in [0, 0.05) is 5.92 Å². The second-order valence-corrected chi connectivity index (χ2v) is 5.89. The monoisotopic (exact) mass is 313 g/mol. The molecule has 2 rings (SSSR count). The van der Waals surface area contributed by atoms with Gasteiger partial charge in [-0.05, 0) is 30.4 Å². The molecule has 23 heavy (non-hydrogen) atoms. The Bertz CT molecular complexity index is 576. The molecule has 0 aliphatic carbocycles. The average Bonchev–Trinajstić information content (AvgIpc) is 2.60. The summed E-state index contributed by atoms with van der Waals surface area (Å²) in [5.74, 6) is -0.967. The third-order valence-electron chi connectivity index (χ3n) is 4.23. The summed E-state index contributed by atoms with van der Waals surface area (Å²) < 4.78 is 0. The van der Waals surface area contributed by atoms with Crippen molar-refractivity contribution in [2.75, 3.05) is 6.61 Å². The van der Waals surface area contributed by atoms with Gasteiger partial charge in [0.2, 0.25) is 0 Å². The first kappa shape index (κ1) is 17.2. The Hall–Kier alpha value is -2.17. The second-order valence-electron chi connectivity index (χ2n) is 5.89. The highest BCUT2D eigenvalue weighted by molar-refractivity contribution is 5.78. The van der Waals surface area contributed by atoms with E-state index in [1.807, 2.05) is 36.4 Å². The molecule has 0 saturated carbocycles. The van der Waals surface area contributed by atoms with Crippen LogP contribution in [0.4, 0.5) is 0 Å². The third kappa shape index (κ3) is 4.41. The van der Waals surface area contributed by atoms with E-state index < -0.39 is 18.1 Å². The zero-order valence-electron chi connectivity index (χ0n) is 13.1. The van der Waals surface area contributed by atoms with Crippen molar-refractivity contribution >= 4 is 5.97 Å². The summed E-state index contributed by atoms with van der Waals surface area (Å²) in [7, 11) is 0. The summed E-state index contributed by atoms with van der Waals surface area (Å²) in [5.41, 5.74) is 6.59. The summed E-state index contributed by atoms with van der Waals surface area (Å²) in [4.78, 5) is 11.2. The van der Waals surface area contributed by atoms with Crippen molar-refractivity contribution in [3.05, 3.63) is 71.8 Å². The zero-order chi connectivity index (χ0) is 16.7. The number of aliphatic carboxylic acids is 1. The van der Waals surface area contributed by atoms with Gasteiger partial charge in [-0.2, -0.15) is 0 Å². The molecule has 0 heterocycles. The lowest BCUT2D eigenvalue weighted by molar-refractivity contribution is -0.145. The van der Waals surface area contributed by atoms with Crippen LogP contribution in [0.15, 0.2) is 60.7 Å². The molecule has 2 aromatic carbocycles. The van der Waals surface area contributed by atoms with Crippen molar-refractivity contribution < 1.29 is 15.0 Å². The van der Waals surface area contributed by atoms with E-state index in [-0.39, 0.29) is 12.3 Å². The molecule has 2 aromatic rings. The molecule has 1 atom stereocenters. The lowest BCUT2D eigenvalue weighted by atomic mass is 9.85. The molecule has 0 spiro atoms. The summed E-state index contributed by atoms with van der Waals surface area (Å²) in [5, 5.41) is 18.4. The van der Waals surface area contributed by atoms with Gasteiger partial charge in [0.15, 0.2) is 0 Å². The Kier molecular flexibility index (Phi) is 5.90. The van der Waals surface area contributed by atoms with Crippen LogP contribution in [0.1, 0.15) is 36.3 Å². The lowest BCUT2D eigenvalue weighted by Gasteiger charge is -2.24. The molecule has 0 aromatic heterocycles. The highest BCUT2D eigenvalue weighted by Crippen LogP contribution is 2.30. The minimum absolute atomic E-state index is 0.189. The smallest absolute Gasteiger partial charge is 0.326 e. The van der Waals surface area contributed by atoms with Crippen molar-refractivity contribution in [1.82, 2.24) is 0 Å². The van der Waals surface area contributed by atoms with Gasteiger partial charge >= 0.3 is 5.97 Å². The Morgan fingerprint density at radius 2 is 1.48 bits per heavy atom. The molecule has 0 aliphatic heterocycles. The van der Waals surface area contributed by atoms with Crippen LogP contribution >= 0.6 is 0 Å². The van der Waals surface area contributed by atoms with Gasteiger partial charge in [-0.25, -0.2) is 0 Å². The number of rotatable bonds is 8. The molecule has 1 unspecified atom stereocenters. The summed E-state index contributed by atoms with van der Waals surface area (Å²) in [6, 6.07) is 20.3. The van der Waals surface area contributed by atoms with Crippen LogP contribution in [-0.4, -0.2) is 28.3 Å². The normalized spacial score (nSPS) is 13.7. The van der Waals surface area contributed by atoms with E-state index in [4.69, 9.17) is 10.8 Å². The number of carbonyl (C=O) groups is 1. The van der Waals surface area contributed by atoms with E-state index in [9.17, 15) is 9.90 Å². The van der Waals surface area contributed by atoms with Crippen molar-refractivity contribution in [2.24, 2.45) is 5.73 Å². The topological polar surface area (TPSA) is 83.5 Å². The van der Waals surface area contributed by atoms with Crippen molar-refractivity contribution in [1.29, 1.82) is 0 Å². The highest BCUT2D eigenvalue weighted by Gasteiger charge is 2.32. The lowest BCUT2D eigenvalue weighted by Crippen LogP contribution is -2.51. The van der Waals surface area contributed by atoms with E-state index >= 15 is 0 Å². The van der Waals surface area contributed by atoms with Crippen molar-refractivity contribution in [2.45, 2.75) is 30.7 Å². The molecular formula is C19H23NO3. The summed E-state index contributed by atoms with van der Waals surface area (Å²) in [6.07, 6.45) is 1.65. The zero-order valence-corrected chi connectivity index (χ0v) is 13.1. The molecule has 4 N–H and O–H groups in total. The molecule has 0 bridgehead atoms. The van der Waals surface area contributed by atoms with Crippen LogP contribution in [-0.2, 0) is 4.79 Å². The minimum Gasteiger partial charge on any atom is -0.480 e. The van der Waals surface area contributed by atoms with Crippen molar-refractivity contribution in [3.63, 3.8) is 0 Å². The summed E-state index contributed by atoms with van der Waals surface area (Å²) >= 11 is 0.